The van der Waals surface area contributed by atoms with E-state index in [-0.39, 0.29) is 27.5 Å². The van der Waals surface area contributed by atoms with Crippen LogP contribution < -0.4 is 5.32 Å². The molecule has 4 bridgehead atoms. The zero-order valence-electron chi connectivity index (χ0n) is 13.7. The van der Waals surface area contributed by atoms with Crippen LogP contribution in [0.2, 0.25) is 0 Å². The van der Waals surface area contributed by atoms with Crippen molar-refractivity contribution in [3.8, 4) is 0 Å². The Morgan fingerprint density at radius 3 is 2.23 bits per heavy atom. The largest absolute Gasteiger partial charge is 0.467 e. The van der Waals surface area contributed by atoms with Crippen LogP contribution in [-0.2, 0) is 14.3 Å². The molecule has 1 N–H and O–H groups in total. The summed E-state index contributed by atoms with van der Waals surface area (Å²) in [5.41, 5.74) is -0.283. The minimum atomic E-state index is -0.545. The second-order valence-corrected chi connectivity index (χ2v) is 9.79. The first kappa shape index (κ1) is 16.3. The summed E-state index contributed by atoms with van der Waals surface area (Å²) < 4.78 is 5.00. The fraction of sp³-hybridized carbons (Fsp3) is 0.882. The molecule has 4 fully saturated rings. The predicted octanol–water partition coefficient (Wildman–Crippen LogP) is 3.03. The molecular formula is C17H26BrNO3. The summed E-state index contributed by atoms with van der Waals surface area (Å²) in [4.78, 5) is 25.0. The van der Waals surface area contributed by atoms with Crippen molar-refractivity contribution in [3.63, 3.8) is 0 Å². The number of halogens is 1. The van der Waals surface area contributed by atoms with E-state index in [1.165, 1.54) is 26.4 Å². The standard InChI is InChI=1S/C17H26BrNO3/c1-10(2)13(14(20)22-3)19-15(21)16-5-11-4-12(6-16)8-17(18,7-11)9-16/h10-13H,4-9H2,1-3H3,(H,19,21)/t11-,12+,13-,16?,17?/m1/s1. The summed E-state index contributed by atoms with van der Waals surface area (Å²) >= 11 is 3.93. The average Bonchev–Trinajstić information content (AvgIpc) is 2.40. The van der Waals surface area contributed by atoms with Gasteiger partial charge in [-0.3, -0.25) is 4.79 Å². The van der Waals surface area contributed by atoms with Crippen LogP contribution in [0.3, 0.4) is 0 Å². The lowest BCUT2D eigenvalue weighted by molar-refractivity contribution is -0.152. The highest BCUT2D eigenvalue weighted by Gasteiger charge is 2.60. The van der Waals surface area contributed by atoms with Crippen molar-refractivity contribution in [2.24, 2.45) is 23.2 Å². The highest BCUT2D eigenvalue weighted by Crippen LogP contribution is 2.64. The zero-order chi connectivity index (χ0) is 16.1. The molecule has 4 aliphatic carbocycles. The molecule has 4 saturated carbocycles. The van der Waals surface area contributed by atoms with E-state index < -0.39 is 6.04 Å². The van der Waals surface area contributed by atoms with Crippen molar-refractivity contribution in [2.75, 3.05) is 7.11 Å². The molecule has 4 rings (SSSR count). The maximum Gasteiger partial charge on any atom is 0.328 e. The van der Waals surface area contributed by atoms with Gasteiger partial charge < -0.3 is 10.1 Å². The number of rotatable bonds is 4. The molecule has 5 heteroatoms. The van der Waals surface area contributed by atoms with E-state index in [4.69, 9.17) is 4.74 Å². The molecule has 0 spiro atoms. The lowest BCUT2D eigenvalue weighted by atomic mass is 9.49. The van der Waals surface area contributed by atoms with Crippen LogP contribution in [0.1, 0.15) is 52.4 Å². The van der Waals surface area contributed by atoms with Gasteiger partial charge in [0.15, 0.2) is 0 Å². The van der Waals surface area contributed by atoms with Crippen LogP contribution in [0.4, 0.5) is 0 Å². The molecule has 0 aromatic heterocycles. The van der Waals surface area contributed by atoms with Gasteiger partial charge in [0, 0.05) is 4.32 Å². The molecule has 4 aliphatic rings. The first-order chi connectivity index (χ1) is 10.3. The third-order valence-electron chi connectivity index (χ3n) is 5.88. The van der Waals surface area contributed by atoms with E-state index in [9.17, 15) is 9.59 Å². The normalized spacial score (nSPS) is 40.6. The minimum absolute atomic E-state index is 0.0308. The Hall–Kier alpha value is -0.580. The summed E-state index contributed by atoms with van der Waals surface area (Å²) in [6.45, 7) is 3.88. The second kappa shape index (κ2) is 5.50. The number of alkyl halides is 1. The number of carbonyl (C=O) groups excluding carboxylic acids is 2. The third-order valence-corrected chi connectivity index (χ3v) is 6.81. The number of carbonyl (C=O) groups is 2. The van der Waals surface area contributed by atoms with Gasteiger partial charge in [0.05, 0.1) is 12.5 Å². The summed E-state index contributed by atoms with van der Waals surface area (Å²) in [6.07, 6.45) is 6.54. The fourth-order valence-corrected chi connectivity index (χ4v) is 6.79. The molecule has 0 aliphatic heterocycles. The van der Waals surface area contributed by atoms with Gasteiger partial charge in [-0.05, 0) is 56.3 Å². The monoisotopic (exact) mass is 371 g/mol. The Morgan fingerprint density at radius 1 is 1.18 bits per heavy atom. The van der Waals surface area contributed by atoms with Crippen molar-refractivity contribution >= 4 is 27.8 Å². The van der Waals surface area contributed by atoms with E-state index in [2.05, 4.69) is 21.2 Å². The predicted molar refractivity (Wildman–Crippen MR) is 87.6 cm³/mol. The smallest absolute Gasteiger partial charge is 0.328 e. The molecule has 0 heterocycles. The Kier molecular flexibility index (Phi) is 4.07. The Balaban J connectivity index is 1.78. The maximum absolute atomic E-state index is 13.0. The first-order valence-corrected chi connectivity index (χ1v) is 9.14. The Labute approximate surface area is 140 Å². The molecule has 0 aromatic carbocycles. The van der Waals surface area contributed by atoms with Crippen LogP contribution in [0, 0.1) is 23.2 Å². The van der Waals surface area contributed by atoms with Gasteiger partial charge in [-0.1, -0.05) is 29.8 Å². The number of esters is 1. The fourth-order valence-electron chi connectivity index (χ4n) is 5.34. The number of nitrogens with one attached hydrogen (secondary N) is 1. The molecule has 2 unspecified atom stereocenters. The third kappa shape index (κ3) is 2.70. The van der Waals surface area contributed by atoms with Crippen molar-refractivity contribution < 1.29 is 14.3 Å². The van der Waals surface area contributed by atoms with E-state index in [0.29, 0.717) is 11.8 Å². The minimum Gasteiger partial charge on any atom is -0.467 e. The van der Waals surface area contributed by atoms with Crippen LogP contribution in [0.15, 0.2) is 0 Å². The van der Waals surface area contributed by atoms with E-state index >= 15 is 0 Å². The number of amides is 1. The molecular weight excluding hydrogens is 346 g/mol. The van der Waals surface area contributed by atoms with E-state index in [1.807, 2.05) is 13.8 Å². The van der Waals surface area contributed by atoms with Gasteiger partial charge in [-0.25, -0.2) is 4.79 Å². The lowest BCUT2D eigenvalue weighted by Gasteiger charge is -2.59. The van der Waals surface area contributed by atoms with Crippen LogP contribution in [0.25, 0.3) is 0 Å². The van der Waals surface area contributed by atoms with Gasteiger partial charge >= 0.3 is 5.97 Å². The van der Waals surface area contributed by atoms with Crippen molar-refractivity contribution in [3.05, 3.63) is 0 Å². The molecule has 0 radical (unpaired) electrons. The average molecular weight is 372 g/mol. The lowest BCUT2D eigenvalue weighted by Crippen LogP contribution is -2.60. The van der Waals surface area contributed by atoms with Crippen LogP contribution in [-0.4, -0.2) is 29.4 Å². The van der Waals surface area contributed by atoms with Gasteiger partial charge in [0.2, 0.25) is 5.91 Å². The van der Waals surface area contributed by atoms with Gasteiger partial charge in [-0.2, -0.15) is 0 Å². The Morgan fingerprint density at radius 2 is 1.77 bits per heavy atom. The zero-order valence-corrected chi connectivity index (χ0v) is 15.2. The Bertz CT molecular complexity index is 476. The maximum atomic E-state index is 13.0. The van der Waals surface area contributed by atoms with Gasteiger partial charge in [0.25, 0.3) is 0 Å². The molecule has 0 saturated heterocycles. The number of hydrogen-bond acceptors (Lipinski definition) is 3. The molecule has 0 aromatic rings. The number of ether oxygens (including phenoxy) is 1. The van der Waals surface area contributed by atoms with Gasteiger partial charge in [0.1, 0.15) is 6.04 Å². The number of hydrogen-bond donors (Lipinski definition) is 1. The molecule has 1 amide bonds. The van der Waals surface area contributed by atoms with Crippen LogP contribution in [0.5, 0.6) is 0 Å². The number of methoxy groups -OCH3 is 1. The second-order valence-electron chi connectivity index (χ2n) is 8.11. The van der Waals surface area contributed by atoms with E-state index in [1.54, 1.807) is 0 Å². The SMILES string of the molecule is COC(=O)[C@H](NC(=O)C12C[C@@H]3C[C@@H](CC(Br)(C3)C1)C2)C(C)C. The molecule has 5 atom stereocenters. The highest BCUT2D eigenvalue weighted by molar-refractivity contribution is 9.10. The summed E-state index contributed by atoms with van der Waals surface area (Å²) in [5, 5.41) is 3.01. The van der Waals surface area contributed by atoms with Crippen molar-refractivity contribution in [2.45, 2.75) is 62.7 Å². The van der Waals surface area contributed by atoms with Crippen molar-refractivity contribution in [1.82, 2.24) is 5.32 Å². The van der Waals surface area contributed by atoms with Gasteiger partial charge in [-0.15, -0.1) is 0 Å². The van der Waals surface area contributed by atoms with Crippen molar-refractivity contribution in [1.29, 1.82) is 0 Å². The first-order valence-electron chi connectivity index (χ1n) is 8.35. The summed E-state index contributed by atoms with van der Waals surface area (Å²) in [5.74, 6) is 1.06. The van der Waals surface area contributed by atoms with Crippen LogP contribution >= 0.6 is 15.9 Å². The summed E-state index contributed by atoms with van der Waals surface area (Å²) in [6, 6.07) is -0.545. The molecule has 4 nitrogen and oxygen atoms in total. The quantitative estimate of drug-likeness (QED) is 0.610. The molecule has 22 heavy (non-hydrogen) atoms. The summed E-state index contributed by atoms with van der Waals surface area (Å²) in [7, 11) is 1.38. The topological polar surface area (TPSA) is 55.4 Å². The highest BCUT2D eigenvalue weighted by atomic mass is 79.9. The van der Waals surface area contributed by atoms with E-state index in [0.717, 1.165) is 19.3 Å². The molecule has 124 valence electrons.